The molecule has 0 bridgehead atoms. The fourth-order valence-corrected chi connectivity index (χ4v) is 1.51. The largest absolute Gasteiger partial charge is 0.337 e. The van der Waals surface area contributed by atoms with E-state index in [4.69, 9.17) is 5.26 Å². The monoisotopic (exact) mass is 209 g/mol. The second-order valence-electron chi connectivity index (χ2n) is 3.82. The van der Waals surface area contributed by atoms with Crippen LogP contribution in [0.3, 0.4) is 0 Å². The number of hydrogen-bond donors (Lipinski definition) is 1. The number of nitrogens with zero attached hydrogens (tertiary/aromatic N) is 2. The molecule has 1 aliphatic carbocycles. The molecule has 5 nitrogen and oxygen atoms in total. The molecule has 1 aliphatic rings. The number of hydrogen-bond acceptors (Lipinski definition) is 3. The smallest absolute Gasteiger partial charge is 0.311 e. The van der Waals surface area contributed by atoms with E-state index in [-0.39, 0.29) is 6.54 Å². The first-order valence-corrected chi connectivity index (χ1v) is 5.05. The summed E-state index contributed by atoms with van der Waals surface area (Å²) in [4.78, 5) is 24.0. The third-order valence-electron chi connectivity index (χ3n) is 2.63. The SMILES string of the molecule is CN(CC1CCC1)C(=O)C(=O)NCC#N. The van der Waals surface area contributed by atoms with Gasteiger partial charge in [0.05, 0.1) is 6.07 Å². The summed E-state index contributed by atoms with van der Waals surface area (Å²) < 4.78 is 0. The highest BCUT2D eigenvalue weighted by atomic mass is 16.2. The van der Waals surface area contributed by atoms with Crippen molar-refractivity contribution in [3.05, 3.63) is 0 Å². The molecule has 2 amide bonds. The van der Waals surface area contributed by atoms with E-state index in [1.165, 1.54) is 11.3 Å². The van der Waals surface area contributed by atoms with Crippen molar-refractivity contribution in [3.8, 4) is 6.07 Å². The van der Waals surface area contributed by atoms with Gasteiger partial charge in [0.15, 0.2) is 0 Å². The molecule has 0 heterocycles. The average molecular weight is 209 g/mol. The molecule has 1 fully saturated rings. The molecule has 0 saturated heterocycles. The topological polar surface area (TPSA) is 73.2 Å². The Balaban J connectivity index is 2.30. The van der Waals surface area contributed by atoms with Crippen molar-refractivity contribution >= 4 is 11.8 Å². The van der Waals surface area contributed by atoms with Gasteiger partial charge in [0.1, 0.15) is 6.54 Å². The van der Waals surface area contributed by atoms with Crippen molar-refractivity contribution in [2.45, 2.75) is 19.3 Å². The molecule has 0 aromatic rings. The second kappa shape index (κ2) is 5.35. The van der Waals surface area contributed by atoms with Crippen molar-refractivity contribution in [2.75, 3.05) is 20.1 Å². The van der Waals surface area contributed by atoms with Gasteiger partial charge >= 0.3 is 11.8 Å². The van der Waals surface area contributed by atoms with Crippen molar-refractivity contribution in [1.29, 1.82) is 5.26 Å². The molecule has 0 atom stereocenters. The predicted octanol–water partition coefficient (Wildman–Crippen LogP) is -0.115. The minimum absolute atomic E-state index is 0.123. The van der Waals surface area contributed by atoms with Crippen molar-refractivity contribution < 1.29 is 9.59 Å². The van der Waals surface area contributed by atoms with Gasteiger partial charge in [-0.15, -0.1) is 0 Å². The minimum atomic E-state index is -0.696. The molecule has 82 valence electrons. The van der Waals surface area contributed by atoms with E-state index in [9.17, 15) is 9.59 Å². The minimum Gasteiger partial charge on any atom is -0.337 e. The van der Waals surface area contributed by atoms with E-state index in [2.05, 4.69) is 5.32 Å². The Kier molecular flexibility index (Phi) is 4.10. The summed E-state index contributed by atoms with van der Waals surface area (Å²) in [5.74, 6) is -0.710. The highest BCUT2D eigenvalue weighted by molar-refractivity contribution is 6.34. The van der Waals surface area contributed by atoms with Crippen LogP contribution in [-0.4, -0.2) is 36.9 Å². The zero-order valence-corrected chi connectivity index (χ0v) is 8.82. The lowest BCUT2D eigenvalue weighted by atomic mass is 9.85. The Morgan fingerprint density at radius 1 is 1.53 bits per heavy atom. The maximum absolute atomic E-state index is 11.4. The van der Waals surface area contributed by atoms with Gasteiger partial charge in [-0.3, -0.25) is 9.59 Å². The molecular formula is C10H15N3O2. The van der Waals surface area contributed by atoms with Crippen molar-refractivity contribution in [2.24, 2.45) is 5.92 Å². The van der Waals surface area contributed by atoms with Gasteiger partial charge in [-0.25, -0.2) is 0 Å². The van der Waals surface area contributed by atoms with Crippen LogP contribution in [0.5, 0.6) is 0 Å². The summed E-state index contributed by atoms with van der Waals surface area (Å²) >= 11 is 0. The molecule has 1 rings (SSSR count). The van der Waals surface area contributed by atoms with Crippen molar-refractivity contribution in [1.82, 2.24) is 10.2 Å². The van der Waals surface area contributed by atoms with E-state index in [1.54, 1.807) is 13.1 Å². The molecule has 0 aliphatic heterocycles. The summed E-state index contributed by atoms with van der Waals surface area (Å²) in [5, 5.41) is 10.5. The third-order valence-corrected chi connectivity index (χ3v) is 2.63. The van der Waals surface area contributed by atoms with Crippen LogP contribution in [0.25, 0.3) is 0 Å². The van der Waals surface area contributed by atoms with Crippen LogP contribution >= 0.6 is 0 Å². The Hall–Kier alpha value is -1.57. The van der Waals surface area contributed by atoms with Gasteiger partial charge in [-0.2, -0.15) is 5.26 Å². The maximum atomic E-state index is 11.4. The summed E-state index contributed by atoms with van der Waals surface area (Å²) in [5.41, 5.74) is 0. The lowest BCUT2D eigenvalue weighted by Crippen LogP contribution is -2.43. The van der Waals surface area contributed by atoms with Gasteiger partial charge in [-0.05, 0) is 18.8 Å². The van der Waals surface area contributed by atoms with Crippen LogP contribution < -0.4 is 5.32 Å². The first kappa shape index (κ1) is 11.5. The Morgan fingerprint density at radius 3 is 2.67 bits per heavy atom. The van der Waals surface area contributed by atoms with Gasteiger partial charge in [0.2, 0.25) is 0 Å². The molecule has 1 saturated carbocycles. The molecule has 5 heteroatoms. The standard InChI is InChI=1S/C10H15N3O2/c1-13(7-8-3-2-4-8)10(15)9(14)12-6-5-11/h8H,2-4,6-7H2,1H3,(H,12,14). The van der Waals surface area contributed by atoms with E-state index in [1.807, 2.05) is 0 Å². The van der Waals surface area contributed by atoms with Crippen LogP contribution in [0.1, 0.15) is 19.3 Å². The molecule has 0 radical (unpaired) electrons. The Morgan fingerprint density at radius 2 is 2.20 bits per heavy atom. The average Bonchev–Trinajstić information content (AvgIpc) is 2.18. The predicted molar refractivity (Wildman–Crippen MR) is 53.6 cm³/mol. The van der Waals surface area contributed by atoms with E-state index < -0.39 is 11.8 Å². The molecule has 1 N–H and O–H groups in total. The quantitative estimate of drug-likeness (QED) is 0.520. The molecule has 0 spiro atoms. The Labute approximate surface area is 89.0 Å². The molecule has 0 unspecified atom stereocenters. The van der Waals surface area contributed by atoms with Gasteiger partial charge in [0.25, 0.3) is 0 Å². The zero-order valence-electron chi connectivity index (χ0n) is 8.82. The van der Waals surface area contributed by atoms with Crippen LogP contribution in [0.2, 0.25) is 0 Å². The van der Waals surface area contributed by atoms with Gasteiger partial charge in [-0.1, -0.05) is 6.42 Å². The number of nitrogens with one attached hydrogen (secondary N) is 1. The summed E-state index contributed by atoms with van der Waals surface area (Å²) in [6.45, 7) is 0.515. The van der Waals surface area contributed by atoms with Crippen LogP contribution in [0, 0.1) is 17.2 Å². The second-order valence-corrected chi connectivity index (χ2v) is 3.82. The number of rotatable bonds is 3. The fourth-order valence-electron chi connectivity index (χ4n) is 1.51. The van der Waals surface area contributed by atoms with E-state index in [0.717, 1.165) is 12.8 Å². The summed E-state index contributed by atoms with van der Waals surface area (Å²) in [6, 6.07) is 1.75. The first-order valence-electron chi connectivity index (χ1n) is 5.05. The van der Waals surface area contributed by atoms with E-state index in [0.29, 0.717) is 12.5 Å². The summed E-state index contributed by atoms with van der Waals surface area (Å²) in [7, 11) is 1.62. The van der Waals surface area contributed by atoms with Crippen molar-refractivity contribution in [3.63, 3.8) is 0 Å². The number of carbonyl (C=O) groups is 2. The lowest BCUT2D eigenvalue weighted by molar-refractivity contribution is -0.145. The van der Waals surface area contributed by atoms with Crippen LogP contribution in [0.4, 0.5) is 0 Å². The molecule has 0 aromatic carbocycles. The highest BCUT2D eigenvalue weighted by Gasteiger charge is 2.24. The molecular weight excluding hydrogens is 194 g/mol. The zero-order chi connectivity index (χ0) is 11.3. The maximum Gasteiger partial charge on any atom is 0.311 e. The normalized spacial score (nSPS) is 14.9. The van der Waals surface area contributed by atoms with Crippen LogP contribution in [0.15, 0.2) is 0 Å². The van der Waals surface area contributed by atoms with Gasteiger partial charge < -0.3 is 10.2 Å². The number of amides is 2. The van der Waals surface area contributed by atoms with E-state index >= 15 is 0 Å². The number of nitriles is 1. The number of carbonyl (C=O) groups excluding carboxylic acids is 2. The highest BCUT2D eigenvalue weighted by Crippen LogP contribution is 2.26. The lowest BCUT2D eigenvalue weighted by Gasteiger charge is -2.29. The van der Waals surface area contributed by atoms with Gasteiger partial charge in [0, 0.05) is 13.6 Å². The number of likely N-dealkylation sites (N-methyl/N-ethyl adjacent to an activating group) is 1. The third kappa shape index (κ3) is 3.24. The summed E-state index contributed by atoms with van der Waals surface area (Å²) in [6.07, 6.45) is 3.49. The molecule has 15 heavy (non-hydrogen) atoms. The first-order chi connectivity index (χ1) is 7.15. The van der Waals surface area contributed by atoms with Crippen LogP contribution in [-0.2, 0) is 9.59 Å². The fraction of sp³-hybridized carbons (Fsp3) is 0.700. The molecule has 0 aromatic heterocycles. The Bertz CT molecular complexity index is 292.